The molecule has 8 aromatic carbocycles. The molecule has 0 aliphatic carbocycles. The minimum absolute atomic E-state index is 0.785. The zero-order valence-corrected chi connectivity index (χ0v) is 24.2. The van der Waals surface area contributed by atoms with E-state index in [0.717, 1.165) is 45.6 Å². The van der Waals surface area contributed by atoms with Gasteiger partial charge in [0.15, 0.2) is 23.0 Å². The van der Waals surface area contributed by atoms with Crippen LogP contribution in [0.25, 0.3) is 54.6 Å². The van der Waals surface area contributed by atoms with E-state index in [1.54, 1.807) is 0 Å². The molecule has 0 bridgehead atoms. The molecule has 45 heavy (non-hydrogen) atoms. The topological polar surface area (TPSA) is 21.7 Å². The fourth-order valence-corrected chi connectivity index (χ4v) is 7.33. The van der Waals surface area contributed by atoms with Gasteiger partial charge in [-0.15, -0.1) is 0 Å². The molecule has 8 aromatic rings. The van der Waals surface area contributed by atoms with E-state index >= 15 is 0 Å². The molecular formula is C42H25NO2. The summed E-state index contributed by atoms with van der Waals surface area (Å²) < 4.78 is 12.9. The van der Waals surface area contributed by atoms with Crippen molar-refractivity contribution in [2.45, 2.75) is 0 Å². The van der Waals surface area contributed by atoms with E-state index in [2.05, 4.69) is 126 Å². The Bertz CT molecular complexity index is 2450. The van der Waals surface area contributed by atoms with Crippen molar-refractivity contribution in [3.63, 3.8) is 0 Å². The molecule has 0 amide bonds. The lowest BCUT2D eigenvalue weighted by molar-refractivity contribution is 0.446. The van der Waals surface area contributed by atoms with Crippen molar-refractivity contribution in [3.8, 4) is 45.3 Å². The van der Waals surface area contributed by atoms with Crippen LogP contribution >= 0.6 is 0 Å². The van der Waals surface area contributed by atoms with E-state index in [4.69, 9.17) is 9.47 Å². The summed E-state index contributed by atoms with van der Waals surface area (Å²) >= 11 is 0. The van der Waals surface area contributed by atoms with Crippen LogP contribution in [0.4, 0.5) is 17.1 Å². The zero-order valence-electron chi connectivity index (χ0n) is 24.2. The van der Waals surface area contributed by atoms with Crippen LogP contribution in [0.2, 0.25) is 0 Å². The maximum absolute atomic E-state index is 6.65. The molecule has 2 aliphatic heterocycles. The van der Waals surface area contributed by atoms with Gasteiger partial charge < -0.3 is 9.47 Å². The molecule has 0 fully saturated rings. The van der Waals surface area contributed by atoms with Crippen molar-refractivity contribution in [2.75, 3.05) is 4.90 Å². The molecule has 0 atom stereocenters. The Balaban J connectivity index is 1.24. The van der Waals surface area contributed by atoms with Gasteiger partial charge in [0, 0.05) is 0 Å². The van der Waals surface area contributed by atoms with Gasteiger partial charge in [-0.3, -0.25) is 4.90 Å². The summed E-state index contributed by atoms with van der Waals surface area (Å²) in [4.78, 5) is 2.27. The van der Waals surface area contributed by atoms with Crippen LogP contribution in [0.15, 0.2) is 152 Å². The van der Waals surface area contributed by atoms with Gasteiger partial charge in [0.2, 0.25) is 0 Å². The summed E-state index contributed by atoms with van der Waals surface area (Å²) in [6, 6.07) is 53.7. The van der Waals surface area contributed by atoms with Gasteiger partial charge in [0.25, 0.3) is 0 Å². The summed E-state index contributed by atoms with van der Waals surface area (Å²) in [6.45, 7) is 0. The highest BCUT2D eigenvalue weighted by molar-refractivity contribution is 6.23. The first-order chi connectivity index (χ1) is 22.3. The number of benzene rings is 8. The molecule has 0 saturated carbocycles. The number of hydrogen-bond donors (Lipinski definition) is 0. The van der Waals surface area contributed by atoms with E-state index in [0.29, 0.717) is 0 Å². The molecule has 3 nitrogen and oxygen atoms in total. The van der Waals surface area contributed by atoms with Gasteiger partial charge in [-0.1, -0.05) is 115 Å². The van der Waals surface area contributed by atoms with Crippen LogP contribution in [-0.4, -0.2) is 0 Å². The molecule has 0 unspecified atom stereocenters. The lowest BCUT2D eigenvalue weighted by atomic mass is 9.84. The van der Waals surface area contributed by atoms with Crippen molar-refractivity contribution in [2.24, 2.45) is 0 Å². The van der Waals surface area contributed by atoms with Gasteiger partial charge in [-0.2, -0.15) is 0 Å². The Kier molecular flexibility index (Phi) is 5.00. The first-order valence-electron chi connectivity index (χ1n) is 15.3. The average Bonchev–Trinajstić information content (AvgIpc) is 3.10. The first-order valence-corrected chi connectivity index (χ1v) is 15.3. The minimum atomic E-state index is 0.785. The second-order valence-corrected chi connectivity index (χ2v) is 11.7. The maximum Gasteiger partial charge on any atom is 0.155 e. The molecule has 0 radical (unpaired) electrons. The fraction of sp³-hybridized carbons (Fsp3) is 0. The molecule has 2 heterocycles. The second kappa shape index (κ2) is 9.22. The SMILES string of the molecule is c1ccc2c(c1)Oc1cccc3c1N2c1ccc(-c2c4ccccc4c(-c4cccc5ccccc45)c4ccccc24)cc1O3. The molecule has 210 valence electrons. The number of rotatable bonds is 2. The predicted octanol–water partition coefficient (Wildman–Crippen LogP) is 12.2. The van der Waals surface area contributed by atoms with Gasteiger partial charge in [0.1, 0.15) is 5.69 Å². The van der Waals surface area contributed by atoms with Crippen LogP contribution in [0.1, 0.15) is 0 Å². The number of hydrogen-bond acceptors (Lipinski definition) is 3. The highest BCUT2D eigenvalue weighted by Gasteiger charge is 2.34. The first kappa shape index (κ1) is 24.4. The zero-order chi connectivity index (χ0) is 29.5. The van der Waals surface area contributed by atoms with E-state index in [1.807, 2.05) is 30.3 Å². The Labute approximate surface area is 260 Å². The van der Waals surface area contributed by atoms with Gasteiger partial charge in [-0.25, -0.2) is 0 Å². The number of fused-ring (bicyclic) bond motifs is 7. The molecular weight excluding hydrogens is 550 g/mol. The summed E-state index contributed by atoms with van der Waals surface area (Å²) in [5.74, 6) is 3.23. The van der Waals surface area contributed by atoms with Gasteiger partial charge in [-0.05, 0) is 91.0 Å². The molecule has 2 aliphatic rings. The maximum atomic E-state index is 6.65. The number of para-hydroxylation sites is 3. The quantitative estimate of drug-likeness (QED) is 0.191. The molecule has 0 N–H and O–H groups in total. The molecule has 10 rings (SSSR count). The van der Waals surface area contributed by atoms with E-state index in [9.17, 15) is 0 Å². The third-order valence-corrected chi connectivity index (χ3v) is 9.21. The fourth-order valence-electron chi connectivity index (χ4n) is 7.33. The lowest BCUT2D eigenvalue weighted by Crippen LogP contribution is -2.20. The number of ether oxygens (including phenoxy) is 2. The third-order valence-electron chi connectivity index (χ3n) is 9.21. The predicted molar refractivity (Wildman–Crippen MR) is 185 cm³/mol. The highest BCUT2D eigenvalue weighted by Crippen LogP contribution is 2.60. The van der Waals surface area contributed by atoms with Gasteiger partial charge >= 0.3 is 0 Å². The summed E-state index contributed by atoms with van der Waals surface area (Å²) in [5, 5.41) is 7.40. The van der Waals surface area contributed by atoms with Crippen molar-refractivity contribution in [3.05, 3.63) is 152 Å². The Morgan fingerprint density at radius 2 is 0.911 bits per heavy atom. The molecule has 0 saturated heterocycles. The normalized spacial score (nSPS) is 12.8. The molecule has 0 aromatic heterocycles. The summed E-state index contributed by atoms with van der Waals surface area (Å²) in [7, 11) is 0. The summed E-state index contributed by atoms with van der Waals surface area (Å²) in [6.07, 6.45) is 0. The van der Waals surface area contributed by atoms with Crippen molar-refractivity contribution >= 4 is 49.4 Å². The molecule has 0 spiro atoms. The van der Waals surface area contributed by atoms with E-state index < -0.39 is 0 Å². The van der Waals surface area contributed by atoms with Crippen molar-refractivity contribution in [1.29, 1.82) is 0 Å². The Hall–Kier alpha value is -6.06. The monoisotopic (exact) mass is 575 g/mol. The highest BCUT2D eigenvalue weighted by atomic mass is 16.5. The van der Waals surface area contributed by atoms with Crippen LogP contribution in [0, 0.1) is 0 Å². The Morgan fingerprint density at radius 1 is 0.378 bits per heavy atom. The van der Waals surface area contributed by atoms with Crippen LogP contribution in [-0.2, 0) is 0 Å². The average molecular weight is 576 g/mol. The third kappa shape index (κ3) is 3.46. The van der Waals surface area contributed by atoms with Crippen LogP contribution in [0.5, 0.6) is 23.0 Å². The van der Waals surface area contributed by atoms with E-state index in [1.165, 1.54) is 49.0 Å². The number of anilines is 3. The van der Waals surface area contributed by atoms with E-state index in [-0.39, 0.29) is 0 Å². The van der Waals surface area contributed by atoms with Crippen LogP contribution < -0.4 is 14.4 Å². The minimum Gasteiger partial charge on any atom is -0.453 e. The number of nitrogens with zero attached hydrogens (tertiary/aromatic N) is 1. The van der Waals surface area contributed by atoms with Crippen molar-refractivity contribution < 1.29 is 9.47 Å². The van der Waals surface area contributed by atoms with Crippen LogP contribution in [0.3, 0.4) is 0 Å². The largest absolute Gasteiger partial charge is 0.453 e. The standard InChI is InChI=1S/C42H25NO2/c1-2-13-28-26(11-1)12-9-18-29(28)41-32-16-5-3-14-30(32)40(31-15-4-6-17-33(31)41)27-23-24-35-39(25-27)45-38-22-10-21-37-42(38)43(35)34-19-7-8-20-36(34)44-37/h1-25H. The van der Waals surface area contributed by atoms with Crippen molar-refractivity contribution in [1.82, 2.24) is 0 Å². The smallest absolute Gasteiger partial charge is 0.155 e. The Morgan fingerprint density at radius 3 is 1.67 bits per heavy atom. The summed E-state index contributed by atoms with van der Waals surface area (Å²) in [5.41, 5.74) is 7.78. The van der Waals surface area contributed by atoms with Gasteiger partial charge in [0.05, 0.1) is 11.4 Å². The lowest BCUT2D eigenvalue weighted by Gasteiger charge is -2.37. The molecule has 3 heteroatoms. The second-order valence-electron chi connectivity index (χ2n) is 11.7.